The fourth-order valence-electron chi connectivity index (χ4n) is 3.44. The molecule has 0 radical (unpaired) electrons. The van der Waals surface area contributed by atoms with E-state index in [4.69, 9.17) is 4.74 Å². The van der Waals surface area contributed by atoms with Gasteiger partial charge >= 0.3 is 0 Å². The van der Waals surface area contributed by atoms with Crippen LogP contribution in [0.4, 0.5) is 0 Å². The van der Waals surface area contributed by atoms with Crippen LogP contribution in [0.3, 0.4) is 0 Å². The van der Waals surface area contributed by atoms with Crippen LogP contribution in [0, 0.1) is 0 Å². The number of likely N-dealkylation sites (N-methyl/N-ethyl adjacent to an activating group) is 2. The lowest BCUT2D eigenvalue weighted by molar-refractivity contribution is -0.139. The first-order chi connectivity index (χ1) is 10.9. The van der Waals surface area contributed by atoms with E-state index in [-0.39, 0.29) is 11.8 Å². The number of methoxy groups -OCH3 is 1. The third kappa shape index (κ3) is 4.89. The number of hydrogen-bond acceptors (Lipinski definition) is 5. The summed E-state index contributed by atoms with van der Waals surface area (Å²) < 4.78 is 5.43. The van der Waals surface area contributed by atoms with E-state index >= 15 is 0 Å². The molecule has 0 spiro atoms. The molecule has 132 valence electrons. The van der Waals surface area contributed by atoms with Gasteiger partial charge in [-0.15, -0.1) is 0 Å². The van der Waals surface area contributed by atoms with E-state index in [9.17, 15) is 9.59 Å². The summed E-state index contributed by atoms with van der Waals surface area (Å²) in [7, 11) is 5.87. The van der Waals surface area contributed by atoms with Crippen molar-refractivity contribution in [2.24, 2.45) is 0 Å². The van der Waals surface area contributed by atoms with E-state index in [0.717, 1.165) is 19.5 Å². The summed E-state index contributed by atoms with van der Waals surface area (Å²) in [6.07, 6.45) is 1.32. The van der Waals surface area contributed by atoms with Crippen LogP contribution in [0.25, 0.3) is 0 Å². The quantitative estimate of drug-likeness (QED) is 0.671. The maximum atomic E-state index is 12.4. The van der Waals surface area contributed by atoms with Crippen molar-refractivity contribution in [2.45, 2.75) is 25.5 Å². The maximum absolute atomic E-state index is 12.4. The minimum absolute atomic E-state index is 0.0891. The number of likely N-dealkylation sites (tertiary alicyclic amines) is 1. The van der Waals surface area contributed by atoms with Crippen molar-refractivity contribution in [3.05, 3.63) is 0 Å². The number of nitrogens with zero attached hydrogens (tertiary/aromatic N) is 4. The van der Waals surface area contributed by atoms with Gasteiger partial charge in [0, 0.05) is 59.3 Å². The second kappa shape index (κ2) is 8.08. The lowest BCUT2D eigenvalue weighted by Gasteiger charge is -2.35. The SMILES string of the molecule is CO[C@H]1C[C@@H](CN(C)CC(=O)N2CCN(C(C)=O)CC2)N(C)C1. The first kappa shape index (κ1) is 18.2. The van der Waals surface area contributed by atoms with Crippen LogP contribution in [0.15, 0.2) is 0 Å². The predicted octanol–water partition coefficient (Wildman–Crippen LogP) is -0.672. The predicted molar refractivity (Wildman–Crippen MR) is 88.2 cm³/mol. The number of amides is 2. The Kier molecular flexibility index (Phi) is 6.38. The van der Waals surface area contributed by atoms with Gasteiger partial charge in [0.25, 0.3) is 0 Å². The molecule has 0 bridgehead atoms. The van der Waals surface area contributed by atoms with Crippen molar-refractivity contribution < 1.29 is 14.3 Å². The Labute approximate surface area is 139 Å². The van der Waals surface area contributed by atoms with Gasteiger partial charge in [0.15, 0.2) is 0 Å². The fourth-order valence-corrected chi connectivity index (χ4v) is 3.44. The number of carbonyl (C=O) groups is 2. The molecule has 2 atom stereocenters. The molecule has 0 N–H and O–H groups in total. The van der Waals surface area contributed by atoms with Crippen molar-refractivity contribution in [2.75, 3.05) is 67.0 Å². The van der Waals surface area contributed by atoms with Crippen LogP contribution in [-0.4, -0.2) is 111 Å². The molecule has 2 aliphatic rings. The molecule has 0 saturated carbocycles. The highest BCUT2D eigenvalue weighted by atomic mass is 16.5. The third-order valence-corrected chi connectivity index (χ3v) is 4.99. The number of ether oxygens (including phenoxy) is 1. The van der Waals surface area contributed by atoms with Crippen LogP contribution in [-0.2, 0) is 14.3 Å². The average molecular weight is 326 g/mol. The largest absolute Gasteiger partial charge is 0.380 e. The number of carbonyl (C=O) groups excluding carboxylic acids is 2. The standard InChI is InChI=1S/C16H30N4O3/c1-13(21)19-5-7-20(8-6-19)16(22)12-17(2)10-14-9-15(23-4)11-18(14)3/h14-15H,5-12H2,1-4H3/t14-,15-/m0/s1. The van der Waals surface area contributed by atoms with Crippen molar-refractivity contribution in [1.82, 2.24) is 19.6 Å². The number of rotatable bonds is 5. The van der Waals surface area contributed by atoms with Crippen molar-refractivity contribution >= 4 is 11.8 Å². The monoisotopic (exact) mass is 326 g/mol. The Morgan fingerprint density at radius 1 is 1.17 bits per heavy atom. The Morgan fingerprint density at radius 2 is 1.78 bits per heavy atom. The second-order valence-electron chi connectivity index (χ2n) is 6.77. The third-order valence-electron chi connectivity index (χ3n) is 4.99. The molecule has 0 aromatic carbocycles. The van der Waals surface area contributed by atoms with Gasteiger partial charge in [-0.3, -0.25) is 19.4 Å². The van der Waals surface area contributed by atoms with E-state index < -0.39 is 0 Å². The first-order valence-electron chi connectivity index (χ1n) is 8.35. The van der Waals surface area contributed by atoms with Crippen LogP contribution in [0.5, 0.6) is 0 Å². The average Bonchev–Trinajstić information content (AvgIpc) is 2.87. The van der Waals surface area contributed by atoms with Gasteiger partial charge in [-0.25, -0.2) is 0 Å². The summed E-state index contributed by atoms with van der Waals surface area (Å²) >= 11 is 0. The number of hydrogen-bond donors (Lipinski definition) is 0. The lowest BCUT2D eigenvalue weighted by Crippen LogP contribution is -2.52. The topological polar surface area (TPSA) is 56.3 Å². The summed E-state index contributed by atoms with van der Waals surface area (Å²) in [5.74, 6) is 0.242. The molecule has 0 unspecified atom stereocenters. The molecule has 2 amide bonds. The lowest BCUT2D eigenvalue weighted by atomic mass is 10.2. The molecule has 2 rings (SSSR count). The molecule has 2 aliphatic heterocycles. The van der Waals surface area contributed by atoms with Gasteiger partial charge in [0.1, 0.15) is 0 Å². The van der Waals surface area contributed by atoms with Gasteiger partial charge in [-0.1, -0.05) is 0 Å². The highest BCUT2D eigenvalue weighted by Crippen LogP contribution is 2.18. The van der Waals surface area contributed by atoms with Gasteiger partial charge in [-0.05, 0) is 20.5 Å². The van der Waals surface area contributed by atoms with Crippen molar-refractivity contribution in [3.8, 4) is 0 Å². The van der Waals surface area contributed by atoms with Crippen LogP contribution in [0.1, 0.15) is 13.3 Å². The molecule has 7 nitrogen and oxygen atoms in total. The number of piperazine rings is 1. The minimum atomic E-state index is 0.0891. The Balaban J connectivity index is 1.74. The van der Waals surface area contributed by atoms with Crippen molar-refractivity contribution in [3.63, 3.8) is 0 Å². The van der Waals surface area contributed by atoms with E-state index in [1.54, 1.807) is 18.9 Å². The highest BCUT2D eigenvalue weighted by Gasteiger charge is 2.31. The molecule has 2 heterocycles. The summed E-state index contributed by atoms with van der Waals surface area (Å²) in [5, 5.41) is 0. The van der Waals surface area contributed by atoms with Gasteiger partial charge in [0.2, 0.25) is 11.8 Å². The van der Waals surface area contributed by atoms with Crippen LogP contribution in [0.2, 0.25) is 0 Å². The fraction of sp³-hybridized carbons (Fsp3) is 0.875. The zero-order valence-corrected chi connectivity index (χ0v) is 14.8. The summed E-state index contributed by atoms with van der Waals surface area (Å²) in [4.78, 5) is 31.8. The Bertz CT molecular complexity index is 424. The summed E-state index contributed by atoms with van der Waals surface area (Å²) in [6.45, 7) is 6.41. The molecule has 0 aromatic rings. The van der Waals surface area contributed by atoms with E-state index in [1.165, 1.54) is 0 Å². The van der Waals surface area contributed by atoms with Crippen molar-refractivity contribution in [1.29, 1.82) is 0 Å². The summed E-state index contributed by atoms with van der Waals surface area (Å²) in [6, 6.07) is 0.437. The second-order valence-corrected chi connectivity index (χ2v) is 6.77. The molecule has 23 heavy (non-hydrogen) atoms. The Morgan fingerprint density at radius 3 is 2.30 bits per heavy atom. The molecule has 7 heteroatoms. The smallest absolute Gasteiger partial charge is 0.236 e. The molecular weight excluding hydrogens is 296 g/mol. The van der Waals surface area contributed by atoms with Gasteiger partial charge in [0.05, 0.1) is 12.6 Å². The Hall–Kier alpha value is -1.18. The normalized spacial score (nSPS) is 26.1. The zero-order valence-electron chi connectivity index (χ0n) is 14.8. The zero-order chi connectivity index (χ0) is 17.0. The van der Waals surface area contributed by atoms with Gasteiger partial charge < -0.3 is 14.5 Å². The minimum Gasteiger partial charge on any atom is -0.380 e. The molecule has 2 fully saturated rings. The molecule has 0 aromatic heterocycles. The molecule has 0 aliphatic carbocycles. The van der Waals surface area contributed by atoms with Gasteiger partial charge in [-0.2, -0.15) is 0 Å². The summed E-state index contributed by atoms with van der Waals surface area (Å²) in [5.41, 5.74) is 0. The highest BCUT2D eigenvalue weighted by molar-refractivity contribution is 5.79. The van der Waals surface area contributed by atoms with E-state index in [1.807, 2.05) is 11.9 Å². The molecular formula is C16H30N4O3. The first-order valence-corrected chi connectivity index (χ1v) is 8.35. The maximum Gasteiger partial charge on any atom is 0.236 e. The van der Waals surface area contributed by atoms with E-state index in [2.05, 4.69) is 16.8 Å². The van der Waals surface area contributed by atoms with Crippen LogP contribution >= 0.6 is 0 Å². The van der Waals surface area contributed by atoms with Crippen LogP contribution < -0.4 is 0 Å². The van der Waals surface area contributed by atoms with E-state index in [0.29, 0.717) is 44.9 Å². The molecule has 2 saturated heterocycles.